The van der Waals surface area contributed by atoms with Crippen LogP contribution in [0.25, 0.3) is 22.3 Å². The zero-order valence-electron chi connectivity index (χ0n) is 19.1. The molecule has 5 nitrogen and oxygen atoms in total. The van der Waals surface area contributed by atoms with E-state index < -0.39 is 0 Å². The highest BCUT2D eigenvalue weighted by Crippen LogP contribution is 2.54. The van der Waals surface area contributed by atoms with E-state index in [-0.39, 0.29) is 5.41 Å². The van der Waals surface area contributed by atoms with Gasteiger partial charge in [-0.3, -0.25) is 4.98 Å². The summed E-state index contributed by atoms with van der Waals surface area (Å²) in [7, 11) is 0. The lowest BCUT2D eigenvalue weighted by Gasteiger charge is -2.47. The Morgan fingerprint density at radius 3 is 2.81 bits per heavy atom. The Balaban J connectivity index is 1.61. The summed E-state index contributed by atoms with van der Waals surface area (Å²) in [5.41, 5.74) is 6.96. The molecule has 2 aliphatic carbocycles. The van der Waals surface area contributed by atoms with Gasteiger partial charge in [-0.15, -0.1) is 0 Å². The highest BCUT2D eigenvalue weighted by molar-refractivity contribution is 5.92. The molecular formula is C27H28N4O. The number of fused-ring (bicyclic) bond motifs is 5. The van der Waals surface area contributed by atoms with Gasteiger partial charge in [0.25, 0.3) is 0 Å². The second-order valence-electron chi connectivity index (χ2n) is 10.0. The van der Waals surface area contributed by atoms with E-state index in [0.29, 0.717) is 17.8 Å². The monoisotopic (exact) mass is 424 g/mol. The number of hydrogen-bond acceptors (Lipinski definition) is 5. The molecule has 3 aromatic heterocycles. The van der Waals surface area contributed by atoms with E-state index in [4.69, 9.17) is 14.5 Å². The minimum Gasteiger partial charge on any atom is -0.361 e. The molecular weight excluding hydrogens is 396 g/mol. The second kappa shape index (κ2) is 6.96. The van der Waals surface area contributed by atoms with Crippen LogP contribution in [0.5, 0.6) is 0 Å². The molecule has 2 aliphatic rings. The van der Waals surface area contributed by atoms with E-state index in [1.54, 1.807) is 0 Å². The molecule has 162 valence electrons. The normalized spacial score (nSPS) is 24.3. The molecule has 0 saturated heterocycles. The maximum atomic E-state index is 5.66. The Morgan fingerprint density at radius 1 is 1.12 bits per heavy atom. The van der Waals surface area contributed by atoms with Crippen molar-refractivity contribution in [2.24, 2.45) is 5.92 Å². The molecule has 32 heavy (non-hydrogen) atoms. The third kappa shape index (κ3) is 2.70. The van der Waals surface area contributed by atoms with Gasteiger partial charge < -0.3 is 4.52 Å². The summed E-state index contributed by atoms with van der Waals surface area (Å²) in [6.45, 7) is 9.17. The molecule has 5 heteroatoms. The van der Waals surface area contributed by atoms with Crippen LogP contribution in [-0.4, -0.2) is 20.1 Å². The van der Waals surface area contributed by atoms with Crippen molar-refractivity contribution in [2.45, 2.75) is 64.2 Å². The average molecular weight is 425 g/mol. The summed E-state index contributed by atoms with van der Waals surface area (Å²) in [5.74, 6) is 3.03. The third-order valence-corrected chi connectivity index (χ3v) is 7.79. The molecule has 0 fully saturated rings. The lowest BCUT2D eigenvalue weighted by atomic mass is 9.56. The van der Waals surface area contributed by atoms with Gasteiger partial charge in [0.1, 0.15) is 5.76 Å². The molecule has 0 N–H and O–H groups in total. The van der Waals surface area contributed by atoms with Crippen molar-refractivity contribution < 1.29 is 4.52 Å². The SMILES string of the molecule is CC(C)c1nc(-c2ccnc3ccccc23)nc2c1CC[C@@H]1[C@@H](C)c3oncc3C[C@@]21C. The fourth-order valence-corrected chi connectivity index (χ4v) is 6.28. The molecule has 1 aromatic carbocycles. The van der Waals surface area contributed by atoms with Gasteiger partial charge in [-0.2, -0.15) is 0 Å². The van der Waals surface area contributed by atoms with Crippen molar-refractivity contribution in [2.75, 3.05) is 0 Å². The van der Waals surface area contributed by atoms with Crippen LogP contribution in [-0.2, 0) is 18.3 Å². The third-order valence-electron chi connectivity index (χ3n) is 7.79. The quantitative estimate of drug-likeness (QED) is 0.396. The molecule has 0 amide bonds. The molecule has 0 unspecified atom stereocenters. The molecule has 0 spiro atoms. The summed E-state index contributed by atoms with van der Waals surface area (Å²) < 4.78 is 5.66. The van der Waals surface area contributed by atoms with Gasteiger partial charge in [0.15, 0.2) is 5.82 Å². The molecule has 0 bridgehead atoms. The number of para-hydroxylation sites is 1. The Hall–Kier alpha value is -3.08. The van der Waals surface area contributed by atoms with Crippen molar-refractivity contribution in [3.8, 4) is 11.4 Å². The average Bonchev–Trinajstić information content (AvgIpc) is 3.26. The van der Waals surface area contributed by atoms with Crippen molar-refractivity contribution in [1.29, 1.82) is 0 Å². The predicted molar refractivity (Wildman–Crippen MR) is 125 cm³/mol. The van der Waals surface area contributed by atoms with Gasteiger partial charge >= 0.3 is 0 Å². The topological polar surface area (TPSA) is 64.7 Å². The first kappa shape index (κ1) is 19.6. The number of rotatable bonds is 2. The smallest absolute Gasteiger partial charge is 0.160 e. The van der Waals surface area contributed by atoms with Crippen LogP contribution in [0.15, 0.2) is 47.2 Å². The largest absolute Gasteiger partial charge is 0.361 e. The highest BCUT2D eigenvalue weighted by atomic mass is 16.5. The minimum atomic E-state index is -0.0598. The summed E-state index contributed by atoms with van der Waals surface area (Å²) >= 11 is 0. The van der Waals surface area contributed by atoms with Crippen LogP contribution < -0.4 is 0 Å². The number of nitrogens with zero attached hydrogens (tertiary/aromatic N) is 4. The molecule has 3 heterocycles. The van der Waals surface area contributed by atoms with Crippen molar-refractivity contribution in [3.05, 3.63) is 71.0 Å². The van der Waals surface area contributed by atoms with Gasteiger partial charge in [-0.25, -0.2) is 9.97 Å². The van der Waals surface area contributed by atoms with Crippen LogP contribution in [0.3, 0.4) is 0 Å². The maximum absolute atomic E-state index is 5.66. The van der Waals surface area contributed by atoms with Crippen LogP contribution in [0.1, 0.15) is 74.2 Å². The molecule has 0 aliphatic heterocycles. The van der Waals surface area contributed by atoms with Crippen molar-refractivity contribution in [3.63, 3.8) is 0 Å². The zero-order chi connectivity index (χ0) is 22.0. The lowest BCUT2D eigenvalue weighted by Crippen LogP contribution is -2.45. The van der Waals surface area contributed by atoms with Crippen molar-refractivity contribution >= 4 is 10.9 Å². The van der Waals surface area contributed by atoms with E-state index >= 15 is 0 Å². The fourth-order valence-electron chi connectivity index (χ4n) is 6.28. The Morgan fingerprint density at radius 2 is 1.97 bits per heavy atom. The molecule has 6 rings (SSSR count). The van der Waals surface area contributed by atoms with Gasteiger partial charge in [-0.05, 0) is 48.8 Å². The summed E-state index contributed by atoms with van der Waals surface area (Å²) in [4.78, 5) is 15.0. The van der Waals surface area contributed by atoms with E-state index in [1.165, 1.54) is 22.5 Å². The predicted octanol–water partition coefficient (Wildman–Crippen LogP) is 5.98. The highest BCUT2D eigenvalue weighted by Gasteiger charge is 2.50. The number of benzene rings is 1. The zero-order valence-corrected chi connectivity index (χ0v) is 19.1. The van der Waals surface area contributed by atoms with Crippen LogP contribution >= 0.6 is 0 Å². The Bertz CT molecular complexity index is 1340. The fraction of sp³-hybridized carbons (Fsp3) is 0.407. The van der Waals surface area contributed by atoms with E-state index in [2.05, 4.69) is 56.0 Å². The minimum absolute atomic E-state index is 0.0598. The Labute approximate surface area is 188 Å². The number of pyridine rings is 1. The standard InChI is InChI=1S/C27H28N4O/c1-15(2)23-20-9-10-21-16(3)24-17(14-29-32-24)13-27(21,4)25(20)31-26(30-23)19-11-12-28-22-8-6-5-7-18(19)22/h5-8,11-12,14-16,21H,9-10,13H2,1-4H3/t16-,21-,27-/m1/s1. The number of hydrogen-bond donors (Lipinski definition) is 0. The van der Waals surface area contributed by atoms with Crippen LogP contribution in [0.4, 0.5) is 0 Å². The summed E-state index contributed by atoms with van der Waals surface area (Å²) in [6.07, 6.45) is 6.84. The molecule has 4 aromatic rings. The maximum Gasteiger partial charge on any atom is 0.160 e. The number of aromatic nitrogens is 4. The molecule has 0 radical (unpaired) electrons. The van der Waals surface area contributed by atoms with Gasteiger partial charge in [0, 0.05) is 34.0 Å². The van der Waals surface area contributed by atoms with Crippen LogP contribution in [0.2, 0.25) is 0 Å². The van der Waals surface area contributed by atoms with E-state index in [9.17, 15) is 0 Å². The van der Waals surface area contributed by atoms with E-state index in [0.717, 1.165) is 47.3 Å². The summed E-state index contributed by atoms with van der Waals surface area (Å²) in [6, 6.07) is 10.3. The first-order valence-electron chi connectivity index (χ1n) is 11.7. The Kier molecular flexibility index (Phi) is 4.26. The first-order valence-corrected chi connectivity index (χ1v) is 11.7. The first-order chi connectivity index (χ1) is 15.5. The lowest BCUT2D eigenvalue weighted by molar-refractivity contribution is 0.171. The van der Waals surface area contributed by atoms with Crippen LogP contribution in [0, 0.1) is 5.92 Å². The molecule has 3 atom stereocenters. The van der Waals surface area contributed by atoms with Gasteiger partial charge in [0.05, 0.1) is 23.1 Å². The van der Waals surface area contributed by atoms with Gasteiger partial charge in [0.2, 0.25) is 0 Å². The molecule has 0 saturated carbocycles. The van der Waals surface area contributed by atoms with E-state index in [1.807, 2.05) is 24.5 Å². The van der Waals surface area contributed by atoms with Crippen molar-refractivity contribution in [1.82, 2.24) is 20.1 Å². The second-order valence-corrected chi connectivity index (χ2v) is 10.0. The summed E-state index contributed by atoms with van der Waals surface area (Å²) in [5, 5.41) is 5.23. The van der Waals surface area contributed by atoms with Gasteiger partial charge in [-0.1, -0.05) is 51.1 Å².